The van der Waals surface area contributed by atoms with Crippen LogP contribution in [0.4, 0.5) is 18.9 Å². The zero-order valence-corrected chi connectivity index (χ0v) is 14.6. The monoisotopic (exact) mass is 389 g/mol. The third kappa shape index (κ3) is 2.96. The minimum atomic E-state index is -4.68. The summed E-state index contributed by atoms with van der Waals surface area (Å²) in [6.45, 7) is 0.922. The number of ether oxygens (including phenoxy) is 1. The number of guanidine groups is 1. The molecule has 0 unspecified atom stereocenters. The van der Waals surface area contributed by atoms with Gasteiger partial charge in [0.2, 0.25) is 5.96 Å². The van der Waals surface area contributed by atoms with Gasteiger partial charge in [0.1, 0.15) is 17.3 Å². The Labute approximate surface area is 157 Å². The molecule has 144 valence electrons. The van der Waals surface area contributed by atoms with E-state index in [1.54, 1.807) is 17.0 Å². The van der Waals surface area contributed by atoms with Gasteiger partial charge in [-0.05, 0) is 18.2 Å². The Balaban J connectivity index is 1.74. The quantitative estimate of drug-likeness (QED) is 0.856. The van der Waals surface area contributed by atoms with Gasteiger partial charge in [-0.2, -0.15) is 13.2 Å². The molecule has 3 heterocycles. The Morgan fingerprint density at radius 2 is 2.11 bits per heavy atom. The van der Waals surface area contributed by atoms with Gasteiger partial charge in [-0.15, -0.1) is 0 Å². The van der Waals surface area contributed by atoms with Gasteiger partial charge in [0, 0.05) is 24.5 Å². The van der Waals surface area contributed by atoms with Gasteiger partial charge in [0.15, 0.2) is 0 Å². The average Bonchev–Trinajstić information content (AvgIpc) is 3.17. The molecule has 1 amide bonds. The normalized spacial score (nSPS) is 15.4. The topological polar surface area (TPSA) is 79.2 Å². The molecule has 0 fully saturated rings. The van der Waals surface area contributed by atoms with E-state index >= 15 is 0 Å². The Bertz CT molecular complexity index is 1020. The smallest absolute Gasteiger partial charge is 0.417 e. The number of hydrogen-bond donors (Lipinski definition) is 1. The molecule has 10 heteroatoms. The molecular weight excluding hydrogens is 375 g/mol. The fraction of sp³-hybridized carbons (Fsp3) is 0.222. The molecule has 0 aliphatic carbocycles. The molecule has 0 spiro atoms. The fourth-order valence-corrected chi connectivity index (χ4v) is 3.12. The number of pyridine rings is 1. The van der Waals surface area contributed by atoms with Crippen LogP contribution in [-0.4, -0.2) is 47.8 Å². The van der Waals surface area contributed by atoms with Crippen molar-refractivity contribution in [3.63, 3.8) is 0 Å². The maximum Gasteiger partial charge on any atom is 0.417 e. The van der Waals surface area contributed by atoms with Crippen molar-refractivity contribution in [2.45, 2.75) is 6.18 Å². The molecule has 2 aliphatic rings. The summed E-state index contributed by atoms with van der Waals surface area (Å²) in [4.78, 5) is 26.7. The maximum atomic E-state index is 13.2. The second-order valence-corrected chi connectivity index (χ2v) is 6.02. The van der Waals surface area contributed by atoms with Gasteiger partial charge in [0.05, 0.1) is 24.8 Å². The third-order valence-corrected chi connectivity index (χ3v) is 4.37. The van der Waals surface area contributed by atoms with Crippen LogP contribution in [0.1, 0.15) is 21.5 Å². The zero-order valence-electron chi connectivity index (χ0n) is 14.6. The number of aromatic nitrogens is 1. The SMILES string of the molecule is COc1cccc2c1N=C(NC(=O)c1cnccc1C(F)(F)F)N1CCN=C21. The maximum absolute atomic E-state index is 13.2. The lowest BCUT2D eigenvalue weighted by molar-refractivity contribution is -0.138. The van der Waals surface area contributed by atoms with Crippen LogP contribution < -0.4 is 10.1 Å². The first-order chi connectivity index (χ1) is 13.4. The van der Waals surface area contributed by atoms with E-state index in [1.165, 1.54) is 7.11 Å². The number of aliphatic imine (C=N–C) groups is 2. The number of methoxy groups -OCH3 is 1. The van der Waals surface area contributed by atoms with E-state index in [0.29, 0.717) is 30.4 Å². The first kappa shape index (κ1) is 18.0. The van der Waals surface area contributed by atoms with Gasteiger partial charge < -0.3 is 4.74 Å². The van der Waals surface area contributed by atoms with E-state index in [0.717, 1.165) is 24.0 Å². The number of hydrogen-bond acceptors (Lipinski definition) is 6. The summed E-state index contributed by atoms with van der Waals surface area (Å²) in [6.07, 6.45) is -2.81. The minimum Gasteiger partial charge on any atom is -0.494 e. The van der Waals surface area contributed by atoms with Crippen molar-refractivity contribution < 1.29 is 22.7 Å². The minimum absolute atomic E-state index is 0.0928. The summed E-state index contributed by atoms with van der Waals surface area (Å²) in [5.41, 5.74) is -0.461. The highest BCUT2D eigenvalue weighted by molar-refractivity contribution is 6.20. The van der Waals surface area contributed by atoms with Crippen LogP contribution in [0.15, 0.2) is 46.6 Å². The summed E-state index contributed by atoms with van der Waals surface area (Å²) in [5, 5.41) is 2.47. The van der Waals surface area contributed by atoms with Crippen molar-refractivity contribution in [3.05, 3.63) is 53.3 Å². The first-order valence-corrected chi connectivity index (χ1v) is 8.31. The van der Waals surface area contributed by atoms with Crippen molar-refractivity contribution in [1.82, 2.24) is 15.2 Å². The van der Waals surface area contributed by atoms with E-state index in [2.05, 4.69) is 20.3 Å². The zero-order chi connectivity index (χ0) is 19.9. The number of carbonyl (C=O) groups excluding carboxylic acids is 1. The first-order valence-electron chi connectivity index (χ1n) is 8.31. The highest BCUT2D eigenvalue weighted by atomic mass is 19.4. The Morgan fingerprint density at radius 3 is 2.86 bits per heavy atom. The number of benzene rings is 1. The van der Waals surface area contributed by atoms with E-state index in [1.807, 2.05) is 6.07 Å². The molecule has 0 radical (unpaired) electrons. The van der Waals surface area contributed by atoms with E-state index < -0.39 is 23.2 Å². The number of fused-ring (bicyclic) bond motifs is 3. The summed E-state index contributed by atoms with van der Waals surface area (Å²) in [7, 11) is 1.48. The van der Waals surface area contributed by atoms with Gasteiger partial charge in [-0.25, -0.2) is 4.99 Å². The molecule has 1 aromatic heterocycles. The molecule has 1 aromatic carbocycles. The fourth-order valence-electron chi connectivity index (χ4n) is 3.12. The summed E-state index contributed by atoms with van der Waals surface area (Å²) < 4.78 is 45.0. The van der Waals surface area contributed by atoms with Crippen LogP contribution >= 0.6 is 0 Å². The molecule has 0 saturated carbocycles. The van der Waals surface area contributed by atoms with Gasteiger partial charge in [0.25, 0.3) is 5.91 Å². The molecule has 0 saturated heterocycles. The number of amidine groups is 1. The van der Waals surface area contributed by atoms with Crippen LogP contribution in [0.2, 0.25) is 0 Å². The number of halogens is 3. The van der Waals surface area contributed by atoms with Crippen LogP contribution in [0.5, 0.6) is 5.75 Å². The second-order valence-electron chi connectivity index (χ2n) is 6.02. The van der Waals surface area contributed by atoms with Crippen molar-refractivity contribution in [2.75, 3.05) is 20.2 Å². The number of para-hydroxylation sites is 1. The molecule has 0 bridgehead atoms. The number of carbonyl (C=O) groups is 1. The molecule has 1 N–H and O–H groups in total. The van der Waals surface area contributed by atoms with E-state index in [4.69, 9.17) is 4.74 Å². The molecule has 2 aromatic rings. The van der Waals surface area contributed by atoms with Gasteiger partial charge in [-0.3, -0.25) is 25.0 Å². The highest BCUT2D eigenvalue weighted by Gasteiger charge is 2.37. The number of nitrogens with zero attached hydrogens (tertiary/aromatic N) is 4. The average molecular weight is 389 g/mol. The predicted molar refractivity (Wildman–Crippen MR) is 94.9 cm³/mol. The summed E-state index contributed by atoms with van der Waals surface area (Å²) in [5.74, 6) is 0.191. The third-order valence-electron chi connectivity index (χ3n) is 4.37. The molecule has 28 heavy (non-hydrogen) atoms. The summed E-state index contributed by atoms with van der Waals surface area (Å²) in [6, 6.07) is 6.08. The van der Waals surface area contributed by atoms with Crippen molar-refractivity contribution >= 4 is 23.4 Å². The lowest BCUT2D eigenvalue weighted by atomic mass is 10.1. The van der Waals surface area contributed by atoms with Gasteiger partial charge >= 0.3 is 6.18 Å². The Hall–Kier alpha value is -3.43. The van der Waals surface area contributed by atoms with Crippen molar-refractivity contribution in [3.8, 4) is 5.75 Å². The number of amides is 1. The van der Waals surface area contributed by atoms with Gasteiger partial charge in [-0.1, -0.05) is 6.07 Å². The van der Waals surface area contributed by atoms with Crippen LogP contribution in [0.25, 0.3) is 0 Å². The lowest BCUT2D eigenvalue weighted by Crippen LogP contribution is -2.47. The molecule has 0 atom stereocenters. The lowest BCUT2D eigenvalue weighted by Gasteiger charge is -2.28. The van der Waals surface area contributed by atoms with Crippen molar-refractivity contribution in [2.24, 2.45) is 9.98 Å². The Kier molecular flexibility index (Phi) is 4.25. The van der Waals surface area contributed by atoms with Crippen molar-refractivity contribution in [1.29, 1.82) is 0 Å². The number of nitrogens with one attached hydrogen (secondary N) is 1. The largest absolute Gasteiger partial charge is 0.494 e. The molecule has 7 nitrogen and oxygen atoms in total. The molecule has 4 rings (SSSR count). The van der Waals surface area contributed by atoms with Crippen LogP contribution in [0.3, 0.4) is 0 Å². The summed E-state index contributed by atoms with van der Waals surface area (Å²) >= 11 is 0. The highest BCUT2D eigenvalue weighted by Crippen LogP contribution is 2.36. The van der Waals surface area contributed by atoms with Crippen LogP contribution in [-0.2, 0) is 6.18 Å². The second kappa shape index (κ2) is 6.63. The van der Waals surface area contributed by atoms with E-state index in [9.17, 15) is 18.0 Å². The van der Waals surface area contributed by atoms with E-state index in [-0.39, 0.29) is 5.96 Å². The predicted octanol–water partition coefficient (Wildman–Crippen LogP) is 2.60. The van der Waals surface area contributed by atoms with Crippen LogP contribution in [0, 0.1) is 0 Å². The number of rotatable bonds is 2. The molecule has 2 aliphatic heterocycles. The molecular formula is C18H14F3N5O2. The Morgan fingerprint density at radius 1 is 1.29 bits per heavy atom. The standard InChI is InChI=1S/C18H14F3N5O2/c1-28-13-4-2-3-10-14(13)24-17(26-8-7-23-15(10)26)25-16(27)11-9-22-6-5-12(11)18(19,20)21/h2-6,9H,7-8H2,1H3,(H,24,25,27). The number of alkyl halides is 3.